The number of thiazole rings is 2. The summed E-state index contributed by atoms with van der Waals surface area (Å²) < 4.78 is 62.9. The fourth-order valence-electron chi connectivity index (χ4n) is 5.49. The van der Waals surface area contributed by atoms with E-state index in [1.807, 2.05) is 0 Å². The third-order valence-corrected chi connectivity index (χ3v) is 13.4. The van der Waals surface area contributed by atoms with E-state index < -0.39 is 127 Å². The Labute approximate surface area is 441 Å². The predicted molar refractivity (Wildman–Crippen MR) is 268 cm³/mol. The van der Waals surface area contributed by atoms with Crippen LogP contribution in [-0.4, -0.2) is 184 Å². The van der Waals surface area contributed by atoms with Crippen molar-refractivity contribution in [2.75, 3.05) is 24.6 Å². The van der Waals surface area contributed by atoms with E-state index in [-0.39, 0.29) is 30.3 Å². The average Bonchev–Trinajstić information content (AvgIpc) is 3.94. The number of hydrogen-bond donors (Lipinski definition) is 14. The Kier molecular flexibility index (Phi) is 25.6. The second-order valence-electron chi connectivity index (χ2n) is 16.9. The first-order chi connectivity index (χ1) is 34.9. The molecule has 2 fully saturated rings. The molecule has 2 unspecified atom stereocenters. The number of hydrogen-bond acceptors (Lipinski definition) is 26. The number of oxime groups is 2. The lowest BCUT2D eigenvalue weighted by atomic mass is 10.0. The van der Waals surface area contributed by atoms with Crippen molar-refractivity contribution in [2.24, 2.45) is 33.2 Å². The van der Waals surface area contributed by atoms with Gasteiger partial charge in [0, 0.05) is 10.8 Å². The molecule has 0 spiro atoms. The largest absolute Gasteiger partial charge is 0.480 e. The van der Waals surface area contributed by atoms with Gasteiger partial charge in [0.1, 0.15) is 35.6 Å². The Morgan fingerprint density at radius 1 is 0.658 bits per heavy atom. The first-order valence-corrected chi connectivity index (χ1v) is 26.4. The number of amides is 4. The van der Waals surface area contributed by atoms with Crippen molar-refractivity contribution in [3.05, 3.63) is 22.1 Å². The molecule has 2 aromatic rings. The fourth-order valence-corrected chi connectivity index (χ4v) is 8.35. The van der Waals surface area contributed by atoms with Crippen molar-refractivity contribution >= 4 is 112 Å². The van der Waals surface area contributed by atoms with Crippen LogP contribution < -0.4 is 45.0 Å². The standard InChI is InChI=1S/2C13H17N5O8S2.2C6H14N2O2/c2*1-5-7(10(20)18(5)28(23,24)25)16-9(19)8(6-4-27-12(14)15-6)17-26-13(2,3)11(21)22;2*7-4-2-1-3-5(8)6(9)10/h2*4-5,7H,1-3H3,(H2,14,15)(H,16,19)(H,21,22)(H,23,24,25);2*5H,1-4,7-8H2,(H,9,10)/b2*17-8-;;/t2*5-,7-;;/m00../s1. The lowest BCUT2D eigenvalue weighted by Gasteiger charge is -2.42. The number of aromatic nitrogens is 2. The lowest BCUT2D eigenvalue weighted by Crippen LogP contribution is -2.71. The Bertz CT molecular complexity index is 2520. The molecule has 20 N–H and O–H groups in total. The highest BCUT2D eigenvalue weighted by Crippen LogP contribution is 2.25. The van der Waals surface area contributed by atoms with Crippen LogP contribution in [0.4, 0.5) is 10.3 Å². The van der Waals surface area contributed by atoms with E-state index >= 15 is 0 Å². The summed E-state index contributed by atoms with van der Waals surface area (Å²) in [6.07, 6.45) is 4.33. The summed E-state index contributed by atoms with van der Waals surface area (Å²) >= 11 is 1.96. The lowest BCUT2D eigenvalue weighted by molar-refractivity contribution is -0.161. The normalized spacial score (nSPS) is 18.5. The molecule has 0 aromatic carbocycles. The quantitative estimate of drug-likeness (QED) is 0.0161. The molecule has 4 rings (SSSR count). The van der Waals surface area contributed by atoms with Crippen molar-refractivity contribution in [1.82, 2.24) is 29.2 Å². The molecule has 0 radical (unpaired) electrons. The zero-order valence-electron chi connectivity index (χ0n) is 41.5. The number of carbonyl (C=O) groups excluding carboxylic acids is 4. The van der Waals surface area contributed by atoms with Crippen LogP contribution >= 0.6 is 22.7 Å². The molecular weight excluding hydrogens is 1100 g/mol. The summed E-state index contributed by atoms with van der Waals surface area (Å²) in [5.41, 5.74) is 27.4. The summed E-state index contributed by atoms with van der Waals surface area (Å²) in [4.78, 5) is 109. The third kappa shape index (κ3) is 20.1. The van der Waals surface area contributed by atoms with Gasteiger partial charge in [0.2, 0.25) is 11.2 Å². The van der Waals surface area contributed by atoms with Crippen LogP contribution in [0.25, 0.3) is 0 Å². The van der Waals surface area contributed by atoms with Crippen LogP contribution in [0, 0.1) is 0 Å². The van der Waals surface area contributed by atoms with Crippen molar-refractivity contribution in [3.63, 3.8) is 0 Å². The maximum atomic E-state index is 12.6. The van der Waals surface area contributed by atoms with E-state index in [2.05, 4.69) is 30.9 Å². The minimum Gasteiger partial charge on any atom is -0.480 e. The highest BCUT2D eigenvalue weighted by Gasteiger charge is 2.53. The number of carbonyl (C=O) groups is 8. The van der Waals surface area contributed by atoms with E-state index in [4.69, 9.17) is 73.6 Å². The molecule has 38 heteroatoms. The molecule has 4 amide bonds. The number of rotatable bonds is 24. The predicted octanol–water partition coefficient (Wildman–Crippen LogP) is -3.29. The van der Waals surface area contributed by atoms with Crippen molar-refractivity contribution in [3.8, 4) is 0 Å². The van der Waals surface area contributed by atoms with E-state index in [0.29, 0.717) is 25.9 Å². The van der Waals surface area contributed by atoms with Gasteiger partial charge in [-0.2, -0.15) is 16.8 Å². The number of nitrogens with one attached hydrogen (secondary N) is 2. The first-order valence-electron chi connectivity index (χ1n) is 21.9. The van der Waals surface area contributed by atoms with Gasteiger partial charge in [-0.3, -0.25) is 37.9 Å². The number of β-lactam (4-membered cyclic amide) rings is 2. The van der Waals surface area contributed by atoms with E-state index in [9.17, 15) is 55.2 Å². The molecule has 0 saturated carbocycles. The summed E-state index contributed by atoms with van der Waals surface area (Å²) in [5.74, 6) is -8.62. The second-order valence-corrected chi connectivity index (χ2v) is 21.3. The van der Waals surface area contributed by atoms with Gasteiger partial charge in [-0.25, -0.2) is 28.2 Å². The van der Waals surface area contributed by atoms with Crippen LogP contribution in [0.1, 0.15) is 91.5 Å². The molecule has 34 nitrogen and oxygen atoms in total. The minimum atomic E-state index is -4.76. The van der Waals surface area contributed by atoms with Gasteiger partial charge in [-0.1, -0.05) is 23.2 Å². The minimum absolute atomic E-state index is 0.0350. The van der Waals surface area contributed by atoms with Gasteiger partial charge in [0.15, 0.2) is 21.7 Å². The molecule has 2 aromatic heterocycles. The molecule has 2 saturated heterocycles. The summed E-state index contributed by atoms with van der Waals surface area (Å²) in [7, 11) is -9.51. The topological polar surface area (TPSA) is 582 Å². The first kappa shape index (κ1) is 67.2. The molecule has 76 heavy (non-hydrogen) atoms. The zero-order valence-corrected chi connectivity index (χ0v) is 44.7. The maximum absolute atomic E-state index is 12.6. The van der Waals surface area contributed by atoms with Crippen molar-refractivity contribution in [2.45, 2.75) is 128 Å². The van der Waals surface area contributed by atoms with E-state index in [0.717, 1.165) is 48.4 Å². The Hall–Kier alpha value is -6.78. The molecule has 2 aliphatic heterocycles. The molecule has 6 atom stereocenters. The van der Waals surface area contributed by atoms with Crippen LogP contribution in [0.2, 0.25) is 0 Å². The third-order valence-electron chi connectivity index (χ3n) is 10.0. The fraction of sp³-hybridized carbons (Fsp3) is 0.579. The van der Waals surface area contributed by atoms with Gasteiger partial charge < -0.3 is 75.1 Å². The SMILES string of the molecule is C[C@H]1[C@H](NC(=O)/C(=N\OC(C)(C)C(=O)O)c2csc(N)n2)C(=O)N1S(=O)(=O)O.C[C@H]1[C@H](NC(=O)/C(=N\OC(C)(C)C(=O)O)c2csc(N)n2)C(=O)N1S(=O)(=O)O.NCCCCC(N)C(=O)O.NCCCCC(N)C(=O)O. The summed E-state index contributed by atoms with van der Waals surface area (Å²) in [6, 6.07) is -6.06. The number of carboxylic acid groups (broad SMARTS) is 4. The van der Waals surface area contributed by atoms with E-state index in [1.165, 1.54) is 52.3 Å². The van der Waals surface area contributed by atoms with Gasteiger partial charge in [0.05, 0.1) is 12.1 Å². The van der Waals surface area contributed by atoms with E-state index in [1.54, 1.807) is 0 Å². The summed E-state index contributed by atoms with van der Waals surface area (Å²) in [5, 5.41) is 49.3. The number of nitrogen functional groups attached to an aromatic ring is 2. The molecule has 0 aliphatic carbocycles. The number of unbranched alkanes of at least 4 members (excludes halogenated alkanes) is 2. The molecule has 428 valence electrons. The van der Waals surface area contributed by atoms with Gasteiger partial charge in [-0.05, 0) is 80.3 Å². The monoisotopic (exact) mass is 1160 g/mol. The van der Waals surface area contributed by atoms with Gasteiger partial charge >= 0.3 is 44.5 Å². The van der Waals surface area contributed by atoms with Crippen LogP contribution in [-0.2, 0) is 68.6 Å². The van der Waals surface area contributed by atoms with Crippen LogP contribution in [0.5, 0.6) is 0 Å². The smallest absolute Gasteiger partial charge is 0.362 e. The van der Waals surface area contributed by atoms with Crippen molar-refractivity contribution < 1.29 is 94.4 Å². The van der Waals surface area contributed by atoms with Crippen LogP contribution in [0.3, 0.4) is 0 Å². The molecule has 2 aliphatic rings. The Morgan fingerprint density at radius 2 is 0.961 bits per heavy atom. The molecule has 0 bridgehead atoms. The van der Waals surface area contributed by atoms with Gasteiger partial charge in [-0.15, -0.1) is 22.7 Å². The van der Waals surface area contributed by atoms with Crippen molar-refractivity contribution in [1.29, 1.82) is 0 Å². The second kappa shape index (κ2) is 28.9. The number of aliphatic carboxylic acids is 4. The maximum Gasteiger partial charge on any atom is 0.362 e. The van der Waals surface area contributed by atoms with Crippen LogP contribution in [0.15, 0.2) is 21.1 Å². The Morgan fingerprint density at radius 3 is 1.17 bits per heavy atom. The number of carboxylic acids is 4. The average molecular weight is 1160 g/mol. The van der Waals surface area contributed by atoms with Gasteiger partial charge in [0.25, 0.3) is 23.6 Å². The highest BCUT2D eigenvalue weighted by molar-refractivity contribution is 7.84. The highest BCUT2D eigenvalue weighted by atomic mass is 32.2. The molecule has 4 heterocycles. The zero-order chi connectivity index (χ0) is 58.8. The molecular formula is C38H62N14O20S4. The number of nitrogens with zero attached hydrogens (tertiary/aromatic N) is 6. The summed E-state index contributed by atoms with van der Waals surface area (Å²) in [6.45, 7) is 8.59. The number of anilines is 2. The Balaban J connectivity index is 0.000000563. The number of nitrogens with two attached hydrogens (primary N) is 6.